The molecule has 1 fully saturated rings. The minimum Gasteiger partial charge on any atom is -0.493 e. The molecule has 0 bridgehead atoms. The third-order valence-corrected chi connectivity index (χ3v) is 4.91. The number of nitrogens with zero attached hydrogens (tertiary/aromatic N) is 4. The Kier molecular flexibility index (Phi) is 8.65. The summed E-state index contributed by atoms with van der Waals surface area (Å²) in [6.45, 7) is 1.93. The molecule has 9 heteroatoms. The summed E-state index contributed by atoms with van der Waals surface area (Å²) in [5.41, 5.74) is 0.736. The van der Waals surface area contributed by atoms with Crippen LogP contribution in [0.3, 0.4) is 0 Å². The Balaban J connectivity index is 0.00000182. The summed E-state index contributed by atoms with van der Waals surface area (Å²) in [6, 6.07) is 2.55. The Morgan fingerprint density at radius 1 is 0.963 bits per heavy atom. The monoisotopic (exact) mass is 418 g/mol. The van der Waals surface area contributed by atoms with Crippen LogP contribution in [0.5, 0.6) is 17.2 Å². The molecule has 1 aliphatic heterocycles. The van der Waals surface area contributed by atoms with Crippen LogP contribution in [0, 0.1) is 0 Å². The summed E-state index contributed by atoms with van der Waals surface area (Å²) in [6.07, 6.45) is 3.82. The van der Waals surface area contributed by atoms with Crippen molar-refractivity contribution in [3.05, 3.63) is 12.4 Å². The van der Waals surface area contributed by atoms with Crippen LogP contribution in [-0.2, 0) is 0 Å². The molecule has 7 nitrogen and oxygen atoms in total. The van der Waals surface area contributed by atoms with Crippen molar-refractivity contribution in [1.29, 1.82) is 0 Å². The fraction of sp³-hybridized carbons (Fsp3) is 0.556. The molecule has 2 aromatic rings. The molecule has 0 saturated carbocycles. The molecular weight excluding hydrogens is 391 g/mol. The Labute approximate surface area is 172 Å². The molecule has 1 aromatic heterocycles. The number of methoxy groups -OCH3 is 3. The largest absolute Gasteiger partial charge is 0.493 e. The quantitative estimate of drug-likeness (QED) is 0.739. The van der Waals surface area contributed by atoms with Gasteiger partial charge in [0, 0.05) is 19.1 Å². The lowest BCUT2D eigenvalue weighted by Gasteiger charge is -2.36. The van der Waals surface area contributed by atoms with Gasteiger partial charge in [-0.15, -0.1) is 24.8 Å². The average molecular weight is 419 g/mol. The Morgan fingerprint density at radius 2 is 1.59 bits per heavy atom. The topological polar surface area (TPSA) is 60.0 Å². The number of fused-ring (bicyclic) bond motifs is 1. The van der Waals surface area contributed by atoms with E-state index in [1.807, 2.05) is 6.07 Å². The minimum absolute atomic E-state index is 0. The molecular formula is C18H28Cl2N4O3. The fourth-order valence-corrected chi connectivity index (χ4v) is 3.50. The molecule has 0 atom stereocenters. The van der Waals surface area contributed by atoms with Crippen LogP contribution < -0.4 is 19.1 Å². The standard InChI is InChI=1S/C18H26N4O3.2ClH/c1-21(2)12-6-8-22(9-7-12)18-13-10-14(23-3)16(24-4)17(25-5)15(13)19-11-20-18;;/h10-12H,6-9H2,1-5H3;2*1H. The zero-order chi connectivity index (χ0) is 18.0. The average Bonchev–Trinajstić information content (AvgIpc) is 2.65. The first-order valence-corrected chi connectivity index (χ1v) is 8.45. The Bertz CT molecular complexity index is 753. The van der Waals surface area contributed by atoms with E-state index in [2.05, 4.69) is 33.9 Å². The molecule has 1 aliphatic rings. The van der Waals surface area contributed by atoms with Gasteiger partial charge in [-0.3, -0.25) is 0 Å². The lowest BCUT2D eigenvalue weighted by molar-refractivity contribution is 0.249. The first-order chi connectivity index (χ1) is 12.1. The molecule has 3 rings (SSSR count). The molecule has 0 unspecified atom stereocenters. The van der Waals surface area contributed by atoms with Crippen LogP contribution in [-0.4, -0.2) is 69.4 Å². The van der Waals surface area contributed by atoms with Gasteiger partial charge in [-0.05, 0) is 33.0 Å². The first kappa shape index (κ1) is 23.3. The van der Waals surface area contributed by atoms with E-state index >= 15 is 0 Å². The SMILES string of the molecule is COc1cc2c(N3CCC(N(C)C)CC3)ncnc2c(OC)c1OC.Cl.Cl. The third-order valence-electron chi connectivity index (χ3n) is 4.91. The smallest absolute Gasteiger partial charge is 0.205 e. The number of hydrogen-bond acceptors (Lipinski definition) is 7. The molecule has 1 aromatic carbocycles. The number of ether oxygens (including phenoxy) is 3. The summed E-state index contributed by atoms with van der Waals surface area (Å²) >= 11 is 0. The lowest BCUT2D eigenvalue weighted by atomic mass is 10.0. The second kappa shape index (κ2) is 10.0. The summed E-state index contributed by atoms with van der Waals surface area (Å²) in [7, 11) is 9.11. The van der Waals surface area contributed by atoms with Crippen molar-refractivity contribution in [2.45, 2.75) is 18.9 Å². The highest BCUT2D eigenvalue weighted by Crippen LogP contribution is 2.44. The third kappa shape index (κ3) is 4.42. The minimum atomic E-state index is 0. The predicted molar refractivity (Wildman–Crippen MR) is 113 cm³/mol. The van der Waals surface area contributed by atoms with Gasteiger partial charge in [0.2, 0.25) is 5.75 Å². The summed E-state index contributed by atoms with van der Waals surface area (Å²) < 4.78 is 16.5. The van der Waals surface area contributed by atoms with Crippen molar-refractivity contribution in [3.8, 4) is 17.2 Å². The Hall–Kier alpha value is -1.70. The van der Waals surface area contributed by atoms with Gasteiger partial charge in [0.15, 0.2) is 11.5 Å². The number of hydrogen-bond donors (Lipinski definition) is 0. The maximum atomic E-state index is 5.56. The van der Waals surface area contributed by atoms with Crippen LogP contribution in [0.2, 0.25) is 0 Å². The van der Waals surface area contributed by atoms with E-state index in [0.717, 1.165) is 42.7 Å². The molecule has 1 saturated heterocycles. The molecule has 0 radical (unpaired) electrons. The van der Waals surface area contributed by atoms with Crippen molar-refractivity contribution < 1.29 is 14.2 Å². The molecule has 0 N–H and O–H groups in total. The highest BCUT2D eigenvalue weighted by Gasteiger charge is 2.25. The number of piperidine rings is 1. The van der Waals surface area contributed by atoms with Crippen LogP contribution in [0.1, 0.15) is 12.8 Å². The number of aromatic nitrogens is 2. The number of benzene rings is 1. The highest BCUT2D eigenvalue weighted by molar-refractivity contribution is 5.97. The summed E-state index contributed by atoms with van der Waals surface area (Å²) in [4.78, 5) is 13.6. The number of anilines is 1. The predicted octanol–water partition coefficient (Wildman–Crippen LogP) is 3.03. The Morgan fingerprint density at radius 3 is 2.11 bits per heavy atom. The molecule has 152 valence electrons. The van der Waals surface area contributed by atoms with Crippen LogP contribution in [0.4, 0.5) is 5.82 Å². The maximum Gasteiger partial charge on any atom is 0.205 e. The second-order valence-electron chi connectivity index (χ2n) is 6.42. The van der Waals surface area contributed by atoms with Gasteiger partial charge in [0.25, 0.3) is 0 Å². The summed E-state index contributed by atoms with van der Waals surface area (Å²) in [5, 5.41) is 0.917. The maximum absolute atomic E-state index is 5.56. The van der Waals surface area contributed by atoms with E-state index in [4.69, 9.17) is 14.2 Å². The normalized spacial score (nSPS) is 14.5. The van der Waals surface area contributed by atoms with Crippen molar-refractivity contribution in [2.75, 3.05) is 53.4 Å². The zero-order valence-electron chi connectivity index (χ0n) is 16.4. The van der Waals surface area contributed by atoms with Gasteiger partial charge in [-0.25, -0.2) is 9.97 Å². The van der Waals surface area contributed by atoms with Crippen LogP contribution >= 0.6 is 24.8 Å². The molecule has 2 heterocycles. The van der Waals surface area contributed by atoms with E-state index in [1.165, 1.54) is 0 Å². The number of rotatable bonds is 5. The zero-order valence-corrected chi connectivity index (χ0v) is 18.0. The first-order valence-electron chi connectivity index (χ1n) is 8.45. The van der Waals surface area contributed by atoms with E-state index in [0.29, 0.717) is 23.3 Å². The van der Waals surface area contributed by atoms with E-state index in [1.54, 1.807) is 27.7 Å². The van der Waals surface area contributed by atoms with E-state index < -0.39 is 0 Å². The van der Waals surface area contributed by atoms with E-state index in [-0.39, 0.29) is 24.8 Å². The van der Waals surface area contributed by atoms with E-state index in [9.17, 15) is 0 Å². The van der Waals surface area contributed by atoms with Gasteiger partial charge in [0.1, 0.15) is 17.7 Å². The van der Waals surface area contributed by atoms with Gasteiger partial charge < -0.3 is 24.0 Å². The van der Waals surface area contributed by atoms with Crippen molar-refractivity contribution in [3.63, 3.8) is 0 Å². The summed E-state index contributed by atoms with van der Waals surface area (Å²) in [5.74, 6) is 2.66. The fourth-order valence-electron chi connectivity index (χ4n) is 3.50. The van der Waals surface area contributed by atoms with Gasteiger partial charge in [0.05, 0.1) is 26.7 Å². The van der Waals surface area contributed by atoms with Gasteiger partial charge in [-0.2, -0.15) is 0 Å². The molecule has 0 aliphatic carbocycles. The highest BCUT2D eigenvalue weighted by atomic mass is 35.5. The van der Waals surface area contributed by atoms with Gasteiger partial charge >= 0.3 is 0 Å². The van der Waals surface area contributed by atoms with Crippen LogP contribution in [0.25, 0.3) is 10.9 Å². The molecule has 0 spiro atoms. The van der Waals surface area contributed by atoms with Gasteiger partial charge in [-0.1, -0.05) is 0 Å². The van der Waals surface area contributed by atoms with Crippen LogP contribution in [0.15, 0.2) is 12.4 Å². The van der Waals surface area contributed by atoms with Crippen molar-refractivity contribution in [1.82, 2.24) is 14.9 Å². The van der Waals surface area contributed by atoms with Crippen molar-refractivity contribution >= 4 is 41.5 Å². The second-order valence-corrected chi connectivity index (χ2v) is 6.42. The molecule has 27 heavy (non-hydrogen) atoms. The van der Waals surface area contributed by atoms with Crippen molar-refractivity contribution in [2.24, 2.45) is 0 Å². The lowest BCUT2D eigenvalue weighted by Crippen LogP contribution is -2.42. The molecule has 0 amide bonds. The number of halogens is 2.